The summed E-state index contributed by atoms with van der Waals surface area (Å²) < 4.78 is 26.5. The van der Waals surface area contributed by atoms with E-state index in [1.807, 2.05) is 13.8 Å². The minimum Gasteiger partial charge on any atom is -0.336 e. The van der Waals surface area contributed by atoms with E-state index < -0.39 is 10.0 Å². The molecule has 0 saturated carbocycles. The number of aromatic nitrogens is 1. The predicted octanol–water partition coefficient (Wildman–Crippen LogP) is 1.84. The molecule has 1 amide bonds. The first kappa shape index (κ1) is 17.7. The van der Waals surface area contributed by atoms with Gasteiger partial charge in [-0.1, -0.05) is 17.7 Å². The number of carbonyl (C=O) groups excluding carboxylic acids is 1. The van der Waals surface area contributed by atoms with Crippen LogP contribution in [-0.4, -0.2) is 42.3 Å². The third kappa shape index (κ3) is 3.34. The van der Waals surface area contributed by atoms with Gasteiger partial charge in [0.15, 0.2) is 0 Å². The molecule has 2 aromatic rings. The van der Waals surface area contributed by atoms with Gasteiger partial charge in [0.2, 0.25) is 0 Å². The van der Waals surface area contributed by atoms with E-state index in [0.29, 0.717) is 24.6 Å². The van der Waals surface area contributed by atoms with Gasteiger partial charge in [-0.05, 0) is 50.9 Å². The van der Waals surface area contributed by atoms with Crippen LogP contribution in [0, 0.1) is 12.8 Å². The molecular weight excluding hydrogens is 338 g/mol. The molecule has 6 nitrogen and oxygen atoms in total. The van der Waals surface area contributed by atoms with Crippen LogP contribution in [0.2, 0.25) is 0 Å². The summed E-state index contributed by atoms with van der Waals surface area (Å²) in [6, 6.07) is 8.30. The summed E-state index contributed by atoms with van der Waals surface area (Å²) in [6.07, 6.45) is 3.69. The minimum atomic E-state index is -3.69. The monoisotopic (exact) mass is 361 g/mol. The lowest BCUT2D eigenvalue weighted by Crippen LogP contribution is -2.34. The molecule has 0 aliphatic carbocycles. The van der Waals surface area contributed by atoms with Crippen LogP contribution in [0.1, 0.15) is 29.3 Å². The molecule has 134 valence electrons. The van der Waals surface area contributed by atoms with Crippen molar-refractivity contribution in [3.05, 3.63) is 53.9 Å². The lowest BCUT2D eigenvalue weighted by atomic mass is 10.1. The third-order valence-corrected chi connectivity index (χ3v) is 6.42. The smallest absolute Gasteiger partial charge is 0.267 e. The molecule has 1 aliphatic rings. The van der Waals surface area contributed by atoms with E-state index in [9.17, 15) is 13.2 Å². The molecule has 3 rings (SSSR count). The summed E-state index contributed by atoms with van der Waals surface area (Å²) in [4.78, 5) is 14.7. The Bertz CT molecular complexity index is 871. The highest BCUT2D eigenvalue weighted by atomic mass is 32.2. The van der Waals surface area contributed by atoms with E-state index in [2.05, 4.69) is 0 Å². The average Bonchev–Trinajstić information content (AvgIpc) is 3.22. The lowest BCUT2D eigenvalue weighted by Gasteiger charge is -2.20. The fourth-order valence-corrected chi connectivity index (χ4v) is 4.44. The quantitative estimate of drug-likeness (QED) is 0.900. The van der Waals surface area contributed by atoms with E-state index in [4.69, 9.17) is 5.73 Å². The van der Waals surface area contributed by atoms with E-state index >= 15 is 0 Å². The number of hydrogen-bond donors (Lipinski definition) is 1. The number of rotatable bonds is 4. The predicted molar refractivity (Wildman–Crippen MR) is 95.9 cm³/mol. The topological polar surface area (TPSA) is 85.4 Å². The normalized spacial score (nSPS) is 20.8. The van der Waals surface area contributed by atoms with Crippen molar-refractivity contribution >= 4 is 15.9 Å². The number of hydrogen-bond acceptors (Lipinski definition) is 4. The first-order chi connectivity index (χ1) is 11.8. The molecule has 2 atom stereocenters. The number of nitrogens with two attached hydrogens (primary N) is 1. The lowest BCUT2D eigenvalue weighted by molar-refractivity contribution is 0.0743. The van der Waals surface area contributed by atoms with Gasteiger partial charge < -0.3 is 10.6 Å². The number of nitrogens with zero attached hydrogens (tertiary/aromatic N) is 2. The molecule has 1 aliphatic heterocycles. The number of likely N-dealkylation sites (tertiary alicyclic amines) is 1. The molecule has 2 heterocycles. The first-order valence-corrected chi connectivity index (χ1v) is 9.78. The van der Waals surface area contributed by atoms with Gasteiger partial charge in [0.25, 0.3) is 15.9 Å². The highest BCUT2D eigenvalue weighted by Gasteiger charge is 2.32. The number of benzene rings is 1. The standard InChI is InChI=1S/C18H23N3O3S/c1-13-3-5-17(6-4-13)25(23,24)20-8-7-16(12-20)18(22)21-11-15(10-19)9-14(21)2/h3-8,12,14-15H,9-11,19H2,1-2H3. The molecule has 1 saturated heterocycles. The van der Waals surface area contributed by atoms with Crippen LogP contribution >= 0.6 is 0 Å². The van der Waals surface area contributed by atoms with Crippen molar-refractivity contribution in [1.82, 2.24) is 8.87 Å². The first-order valence-electron chi connectivity index (χ1n) is 8.34. The van der Waals surface area contributed by atoms with Gasteiger partial charge in [-0.25, -0.2) is 12.4 Å². The van der Waals surface area contributed by atoms with Gasteiger partial charge >= 0.3 is 0 Å². The zero-order valence-electron chi connectivity index (χ0n) is 14.4. The van der Waals surface area contributed by atoms with Crippen molar-refractivity contribution in [3.63, 3.8) is 0 Å². The van der Waals surface area contributed by atoms with Crippen molar-refractivity contribution in [1.29, 1.82) is 0 Å². The van der Waals surface area contributed by atoms with Gasteiger partial charge in [0, 0.05) is 25.0 Å². The van der Waals surface area contributed by atoms with Crippen LogP contribution in [0.5, 0.6) is 0 Å². The second-order valence-electron chi connectivity index (χ2n) is 6.69. The van der Waals surface area contributed by atoms with E-state index in [1.54, 1.807) is 35.2 Å². The maximum absolute atomic E-state index is 12.7. The Morgan fingerprint density at radius 3 is 2.52 bits per heavy atom. The summed E-state index contributed by atoms with van der Waals surface area (Å²) >= 11 is 0. The SMILES string of the molecule is Cc1ccc(S(=O)(=O)n2ccc(C(=O)N3CC(CN)CC3C)c2)cc1. The largest absolute Gasteiger partial charge is 0.336 e. The number of amides is 1. The highest BCUT2D eigenvalue weighted by molar-refractivity contribution is 7.90. The molecule has 1 fully saturated rings. The van der Waals surface area contributed by atoms with Crippen LogP contribution in [0.3, 0.4) is 0 Å². The Hall–Kier alpha value is -2.12. The van der Waals surface area contributed by atoms with Crippen molar-refractivity contribution < 1.29 is 13.2 Å². The molecule has 2 unspecified atom stereocenters. The highest BCUT2D eigenvalue weighted by Crippen LogP contribution is 2.25. The molecule has 2 N–H and O–H groups in total. The van der Waals surface area contributed by atoms with Crippen LogP contribution in [-0.2, 0) is 10.0 Å². The van der Waals surface area contributed by atoms with E-state index in [0.717, 1.165) is 16.0 Å². The Kier molecular flexibility index (Phi) is 4.71. The Morgan fingerprint density at radius 2 is 1.92 bits per heavy atom. The Labute approximate surface area is 148 Å². The van der Waals surface area contributed by atoms with Crippen molar-refractivity contribution in [3.8, 4) is 0 Å². The van der Waals surface area contributed by atoms with Gasteiger partial charge in [0.1, 0.15) is 0 Å². The second kappa shape index (κ2) is 6.65. The Morgan fingerprint density at radius 1 is 1.24 bits per heavy atom. The Balaban J connectivity index is 1.85. The molecule has 7 heteroatoms. The van der Waals surface area contributed by atoms with Crippen molar-refractivity contribution in [2.75, 3.05) is 13.1 Å². The summed E-state index contributed by atoms with van der Waals surface area (Å²) in [7, 11) is -3.69. The second-order valence-corrected chi connectivity index (χ2v) is 8.54. The summed E-state index contributed by atoms with van der Waals surface area (Å²) in [6.45, 7) is 5.06. The minimum absolute atomic E-state index is 0.109. The maximum atomic E-state index is 12.7. The summed E-state index contributed by atoms with van der Waals surface area (Å²) in [5, 5.41) is 0. The van der Waals surface area contributed by atoms with Gasteiger partial charge in [-0.15, -0.1) is 0 Å². The van der Waals surface area contributed by atoms with Crippen LogP contribution in [0.25, 0.3) is 0 Å². The zero-order valence-corrected chi connectivity index (χ0v) is 15.2. The van der Waals surface area contributed by atoms with Crippen molar-refractivity contribution in [2.45, 2.75) is 31.2 Å². The van der Waals surface area contributed by atoms with Crippen LogP contribution < -0.4 is 5.73 Å². The number of carbonyl (C=O) groups is 1. The molecule has 1 aromatic heterocycles. The van der Waals surface area contributed by atoms with Gasteiger partial charge in [-0.3, -0.25) is 4.79 Å². The maximum Gasteiger partial charge on any atom is 0.267 e. The molecule has 0 bridgehead atoms. The van der Waals surface area contributed by atoms with Gasteiger partial charge in [-0.2, -0.15) is 0 Å². The molecule has 0 spiro atoms. The molecular formula is C18H23N3O3S. The van der Waals surface area contributed by atoms with Gasteiger partial charge in [0.05, 0.1) is 10.5 Å². The van der Waals surface area contributed by atoms with Crippen molar-refractivity contribution in [2.24, 2.45) is 11.7 Å². The molecule has 1 aromatic carbocycles. The zero-order chi connectivity index (χ0) is 18.2. The molecule has 25 heavy (non-hydrogen) atoms. The summed E-state index contributed by atoms with van der Waals surface area (Å²) in [5.74, 6) is 0.152. The average molecular weight is 361 g/mol. The fourth-order valence-electron chi connectivity index (χ4n) is 3.25. The summed E-state index contributed by atoms with van der Waals surface area (Å²) in [5.41, 5.74) is 7.07. The fraction of sp³-hybridized carbons (Fsp3) is 0.389. The van der Waals surface area contributed by atoms with E-state index in [1.165, 1.54) is 12.4 Å². The van der Waals surface area contributed by atoms with Crippen LogP contribution in [0.4, 0.5) is 0 Å². The van der Waals surface area contributed by atoms with E-state index in [-0.39, 0.29) is 16.8 Å². The number of aryl methyl sites for hydroxylation is 1. The van der Waals surface area contributed by atoms with Crippen LogP contribution in [0.15, 0.2) is 47.6 Å². The molecule has 0 radical (unpaired) electrons. The third-order valence-electron chi connectivity index (χ3n) is 4.77.